The normalized spacial score (nSPS) is 16.0. The first kappa shape index (κ1) is 21.5. The van der Waals surface area contributed by atoms with Crippen molar-refractivity contribution in [2.75, 3.05) is 19.3 Å². The van der Waals surface area contributed by atoms with Crippen molar-refractivity contribution in [2.45, 2.75) is 25.8 Å². The Balaban J connectivity index is 1.68. The summed E-state index contributed by atoms with van der Waals surface area (Å²) in [5, 5.41) is 2.83. The van der Waals surface area contributed by atoms with Crippen LogP contribution in [0.15, 0.2) is 24.4 Å². The molecule has 0 saturated carbocycles. The quantitative estimate of drug-likeness (QED) is 0.696. The van der Waals surface area contributed by atoms with E-state index in [4.69, 9.17) is 11.6 Å². The average Bonchev–Trinajstić information content (AvgIpc) is 3.15. The average molecular weight is 442 g/mol. The predicted molar refractivity (Wildman–Crippen MR) is 107 cm³/mol. The van der Waals surface area contributed by atoms with Gasteiger partial charge in [-0.15, -0.1) is 0 Å². The van der Waals surface area contributed by atoms with Crippen molar-refractivity contribution < 1.29 is 22.4 Å². The lowest BCUT2D eigenvalue weighted by molar-refractivity contribution is 0.0919. The second-order valence-electron chi connectivity index (χ2n) is 7.09. The highest BCUT2D eigenvalue weighted by Gasteiger charge is 2.27. The molecule has 3 rings (SSSR count). The minimum atomic E-state index is -3.24. The number of benzene rings is 1. The van der Waals surface area contributed by atoms with E-state index in [0.717, 1.165) is 6.26 Å². The highest BCUT2D eigenvalue weighted by molar-refractivity contribution is 7.88. The monoisotopic (exact) mass is 441 g/mol. The van der Waals surface area contributed by atoms with Gasteiger partial charge >= 0.3 is 0 Å². The number of aromatic amines is 1. The van der Waals surface area contributed by atoms with Gasteiger partial charge < -0.3 is 10.3 Å². The number of piperidine rings is 1. The maximum Gasteiger partial charge on any atom is 0.267 e. The molecule has 1 saturated heterocycles. The van der Waals surface area contributed by atoms with Crippen LogP contribution < -0.4 is 5.32 Å². The first-order chi connectivity index (χ1) is 13.6. The fourth-order valence-corrected chi connectivity index (χ4v) is 4.37. The van der Waals surface area contributed by atoms with Crippen LogP contribution in [0.4, 0.5) is 4.39 Å². The predicted octanol–water partition coefficient (Wildman–Crippen LogP) is 2.50. The van der Waals surface area contributed by atoms with E-state index in [-0.39, 0.29) is 27.9 Å². The molecule has 7 nitrogen and oxygen atoms in total. The second kappa shape index (κ2) is 8.25. The lowest BCUT2D eigenvalue weighted by Gasteiger charge is -2.30. The SMILES string of the molecule is Cc1ccc(Cl)c(C(=O)c2c[nH]c(C(=O)NC3CCN(S(C)(=O)=O)CC3)c2)c1F. The Kier molecular flexibility index (Phi) is 6.11. The Labute approximate surface area is 173 Å². The number of nitrogens with one attached hydrogen (secondary N) is 2. The largest absolute Gasteiger partial charge is 0.356 e. The van der Waals surface area contributed by atoms with Gasteiger partial charge in [-0.05, 0) is 37.5 Å². The third kappa shape index (κ3) is 4.68. The van der Waals surface area contributed by atoms with Crippen LogP contribution in [0.25, 0.3) is 0 Å². The van der Waals surface area contributed by atoms with E-state index < -0.39 is 27.5 Å². The highest BCUT2D eigenvalue weighted by atomic mass is 35.5. The van der Waals surface area contributed by atoms with Crippen LogP contribution >= 0.6 is 11.6 Å². The molecule has 0 aliphatic carbocycles. The molecule has 10 heteroatoms. The van der Waals surface area contributed by atoms with Crippen molar-refractivity contribution in [3.8, 4) is 0 Å². The summed E-state index contributed by atoms with van der Waals surface area (Å²) in [4.78, 5) is 27.9. The van der Waals surface area contributed by atoms with Gasteiger partial charge in [0.1, 0.15) is 11.5 Å². The summed E-state index contributed by atoms with van der Waals surface area (Å²) in [6.45, 7) is 2.21. The van der Waals surface area contributed by atoms with Crippen molar-refractivity contribution in [3.63, 3.8) is 0 Å². The fourth-order valence-electron chi connectivity index (χ4n) is 3.26. The summed E-state index contributed by atoms with van der Waals surface area (Å²) < 4.78 is 38.8. The van der Waals surface area contributed by atoms with Gasteiger partial charge in [-0.2, -0.15) is 0 Å². The zero-order chi connectivity index (χ0) is 21.3. The molecule has 0 bridgehead atoms. The summed E-state index contributed by atoms with van der Waals surface area (Å²) in [5.74, 6) is -1.72. The Morgan fingerprint density at radius 1 is 1.28 bits per heavy atom. The molecule has 1 aromatic heterocycles. The van der Waals surface area contributed by atoms with Crippen molar-refractivity contribution in [3.05, 3.63) is 57.6 Å². The molecule has 1 aliphatic heterocycles. The van der Waals surface area contributed by atoms with Gasteiger partial charge in [-0.1, -0.05) is 17.7 Å². The molecule has 1 aromatic carbocycles. The number of aryl methyl sites for hydroxylation is 1. The lowest BCUT2D eigenvalue weighted by atomic mass is 10.0. The summed E-state index contributed by atoms with van der Waals surface area (Å²) in [5.41, 5.74) is 0.342. The third-order valence-electron chi connectivity index (χ3n) is 4.96. The Bertz CT molecular complexity index is 1060. The fraction of sp³-hybridized carbons (Fsp3) is 0.368. The minimum Gasteiger partial charge on any atom is -0.356 e. The van der Waals surface area contributed by atoms with E-state index in [2.05, 4.69) is 10.3 Å². The first-order valence-corrected chi connectivity index (χ1v) is 11.2. The van der Waals surface area contributed by atoms with Crippen LogP contribution in [0.2, 0.25) is 5.02 Å². The van der Waals surface area contributed by atoms with E-state index in [1.54, 1.807) is 0 Å². The second-order valence-corrected chi connectivity index (χ2v) is 9.48. The zero-order valence-electron chi connectivity index (χ0n) is 16.0. The number of hydrogen-bond acceptors (Lipinski definition) is 4. The van der Waals surface area contributed by atoms with Gasteiger partial charge in [0.15, 0.2) is 5.78 Å². The van der Waals surface area contributed by atoms with Crippen molar-refractivity contribution in [2.24, 2.45) is 0 Å². The topological polar surface area (TPSA) is 99.3 Å². The van der Waals surface area contributed by atoms with Crippen LogP contribution in [0.3, 0.4) is 0 Å². The number of amides is 1. The highest BCUT2D eigenvalue weighted by Crippen LogP contribution is 2.25. The van der Waals surface area contributed by atoms with E-state index >= 15 is 0 Å². The molecule has 2 N–H and O–H groups in total. The molecule has 1 amide bonds. The molecule has 0 unspecified atom stereocenters. The van der Waals surface area contributed by atoms with Gasteiger partial charge in [0, 0.05) is 30.9 Å². The molecular formula is C19H21ClFN3O4S. The van der Waals surface area contributed by atoms with E-state index in [0.29, 0.717) is 31.5 Å². The van der Waals surface area contributed by atoms with E-state index in [9.17, 15) is 22.4 Å². The van der Waals surface area contributed by atoms with Gasteiger partial charge in [0.2, 0.25) is 10.0 Å². The van der Waals surface area contributed by atoms with Crippen molar-refractivity contribution >= 4 is 33.3 Å². The number of nitrogens with zero attached hydrogens (tertiary/aromatic N) is 1. The molecule has 29 heavy (non-hydrogen) atoms. The minimum absolute atomic E-state index is 0.00272. The van der Waals surface area contributed by atoms with E-state index in [1.165, 1.54) is 35.6 Å². The number of rotatable bonds is 5. The summed E-state index contributed by atoms with van der Waals surface area (Å²) in [7, 11) is -3.24. The molecule has 156 valence electrons. The molecule has 2 heterocycles. The van der Waals surface area contributed by atoms with Crippen LogP contribution in [-0.2, 0) is 10.0 Å². The number of ketones is 1. The summed E-state index contributed by atoms with van der Waals surface area (Å²) >= 11 is 5.99. The maximum atomic E-state index is 14.3. The van der Waals surface area contributed by atoms with Gasteiger partial charge in [0.25, 0.3) is 5.91 Å². The van der Waals surface area contributed by atoms with Gasteiger partial charge in [-0.3, -0.25) is 9.59 Å². The Morgan fingerprint density at radius 3 is 2.55 bits per heavy atom. The van der Waals surface area contributed by atoms with Crippen LogP contribution in [0.5, 0.6) is 0 Å². The summed E-state index contributed by atoms with van der Waals surface area (Å²) in [6.07, 6.45) is 3.49. The summed E-state index contributed by atoms with van der Waals surface area (Å²) in [6, 6.07) is 4.11. The zero-order valence-corrected chi connectivity index (χ0v) is 17.5. The first-order valence-electron chi connectivity index (χ1n) is 9.01. The molecule has 1 aliphatic rings. The number of H-pyrrole nitrogens is 1. The van der Waals surface area contributed by atoms with Gasteiger partial charge in [-0.25, -0.2) is 17.1 Å². The molecule has 0 radical (unpaired) electrons. The Morgan fingerprint density at radius 2 is 1.93 bits per heavy atom. The molecule has 1 fully saturated rings. The molecular weight excluding hydrogens is 421 g/mol. The number of sulfonamides is 1. The molecule has 0 atom stereocenters. The Hall–Kier alpha value is -2.23. The lowest BCUT2D eigenvalue weighted by Crippen LogP contribution is -2.46. The maximum absolute atomic E-state index is 14.3. The smallest absolute Gasteiger partial charge is 0.267 e. The number of carbonyl (C=O) groups excluding carboxylic acids is 2. The van der Waals surface area contributed by atoms with Crippen LogP contribution in [0, 0.1) is 12.7 Å². The number of hydrogen-bond donors (Lipinski definition) is 2. The number of aromatic nitrogens is 1. The number of halogens is 2. The van der Waals surface area contributed by atoms with Crippen molar-refractivity contribution in [1.29, 1.82) is 0 Å². The molecule has 0 spiro atoms. The number of carbonyl (C=O) groups is 2. The third-order valence-corrected chi connectivity index (χ3v) is 6.58. The molecule has 2 aromatic rings. The van der Waals surface area contributed by atoms with E-state index in [1.807, 2.05) is 0 Å². The van der Waals surface area contributed by atoms with Crippen molar-refractivity contribution in [1.82, 2.24) is 14.6 Å². The van der Waals surface area contributed by atoms with Gasteiger partial charge in [0.05, 0.1) is 16.8 Å². The standard InChI is InChI=1S/C19H21ClFN3O4S/c1-11-3-4-14(20)16(17(11)21)18(25)12-9-15(22-10-12)19(26)23-13-5-7-24(8-6-13)29(2,27)28/h3-4,9-10,13,22H,5-8H2,1-2H3,(H,23,26). The van der Waals surface area contributed by atoms with Crippen LogP contribution in [0.1, 0.15) is 44.8 Å². The van der Waals surface area contributed by atoms with Crippen LogP contribution in [-0.4, -0.2) is 54.8 Å².